The van der Waals surface area contributed by atoms with Gasteiger partial charge in [0.05, 0.1) is 0 Å². The fraction of sp³-hybridized carbons (Fsp3) is 0.500. The van der Waals surface area contributed by atoms with Crippen molar-refractivity contribution in [1.82, 2.24) is 14.7 Å². The molecule has 3 unspecified atom stereocenters. The fourth-order valence-corrected chi connectivity index (χ4v) is 5.06. The first-order valence-electron chi connectivity index (χ1n) is 9.54. The zero-order valence-corrected chi connectivity index (χ0v) is 14.7. The molecule has 1 aliphatic heterocycles. The Labute approximate surface area is 152 Å². The predicted molar refractivity (Wildman–Crippen MR) is 95.6 cm³/mol. The summed E-state index contributed by atoms with van der Waals surface area (Å²) in [5.74, 6) is 0.613. The number of likely N-dealkylation sites (tertiary alicyclic amines) is 1. The van der Waals surface area contributed by atoms with Gasteiger partial charge in [0.1, 0.15) is 11.5 Å². The SMILES string of the molecule is NC1CCC2CN(C(=O)c3nn(-c4ccccc4F)c4c3CCC4)CC12. The quantitative estimate of drug-likeness (QED) is 0.900. The second-order valence-corrected chi connectivity index (χ2v) is 7.87. The molecule has 6 heteroatoms. The number of para-hydroxylation sites is 1. The number of amides is 1. The topological polar surface area (TPSA) is 64.2 Å². The zero-order valence-electron chi connectivity index (χ0n) is 14.7. The van der Waals surface area contributed by atoms with Gasteiger partial charge in [0.25, 0.3) is 5.91 Å². The number of hydrogen-bond donors (Lipinski definition) is 1. The highest BCUT2D eigenvalue weighted by Crippen LogP contribution is 2.38. The minimum Gasteiger partial charge on any atom is -0.337 e. The van der Waals surface area contributed by atoms with Crippen LogP contribution >= 0.6 is 0 Å². The predicted octanol–water partition coefficient (Wildman–Crippen LogP) is 2.31. The first-order chi connectivity index (χ1) is 12.6. The molecular formula is C20H23FN4O. The Balaban J connectivity index is 1.50. The average molecular weight is 354 g/mol. The van der Waals surface area contributed by atoms with Gasteiger partial charge in [-0.05, 0) is 56.1 Å². The number of carbonyl (C=O) groups excluding carboxylic acids is 1. The van der Waals surface area contributed by atoms with E-state index in [0.29, 0.717) is 23.2 Å². The highest BCUT2D eigenvalue weighted by molar-refractivity contribution is 5.94. The molecule has 1 aromatic carbocycles. The lowest BCUT2D eigenvalue weighted by atomic mass is 9.98. The van der Waals surface area contributed by atoms with E-state index >= 15 is 0 Å². The van der Waals surface area contributed by atoms with Gasteiger partial charge in [0.15, 0.2) is 5.69 Å². The Hall–Kier alpha value is -2.21. The molecule has 2 fully saturated rings. The van der Waals surface area contributed by atoms with Crippen LogP contribution in [0.2, 0.25) is 0 Å². The van der Waals surface area contributed by atoms with E-state index in [9.17, 15) is 9.18 Å². The number of halogens is 1. The minimum absolute atomic E-state index is 0.0140. The third-order valence-corrected chi connectivity index (χ3v) is 6.41. The van der Waals surface area contributed by atoms with Crippen LogP contribution in [0, 0.1) is 17.7 Å². The molecule has 2 aliphatic carbocycles. The summed E-state index contributed by atoms with van der Waals surface area (Å²) >= 11 is 0. The fourth-order valence-electron chi connectivity index (χ4n) is 5.06. The minimum atomic E-state index is -0.314. The molecule has 1 saturated heterocycles. The van der Waals surface area contributed by atoms with Crippen molar-refractivity contribution in [1.29, 1.82) is 0 Å². The monoisotopic (exact) mass is 354 g/mol. The number of carbonyl (C=O) groups is 1. The molecule has 1 amide bonds. The molecule has 1 aromatic heterocycles. The van der Waals surface area contributed by atoms with Crippen molar-refractivity contribution in [2.45, 2.75) is 38.1 Å². The molecule has 3 aliphatic rings. The lowest BCUT2D eigenvalue weighted by molar-refractivity contribution is 0.0772. The first-order valence-corrected chi connectivity index (χ1v) is 9.54. The highest BCUT2D eigenvalue weighted by atomic mass is 19.1. The van der Waals surface area contributed by atoms with Crippen molar-refractivity contribution < 1.29 is 9.18 Å². The molecule has 136 valence electrons. The summed E-state index contributed by atoms with van der Waals surface area (Å²) in [4.78, 5) is 15.1. The third-order valence-electron chi connectivity index (χ3n) is 6.41. The second kappa shape index (κ2) is 5.91. The number of nitrogens with zero attached hydrogens (tertiary/aromatic N) is 3. The van der Waals surface area contributed by atoms with Crippen LogP contribution in [0.3, 0.4) is 0 Å². The van der Waals surface area contributed by atoms with Gasteiger partial charge in [-0.3, -0.25) is 4.79 Å². The van der Waals surface area contributed by atoms with Gasteiger partial charge in [-0.25, -0.2) is 9.07 Å². The first kappa shape index (κ1) is 16.0. The van der Waals surface area contributed by atoms with E-state index in [1.54, 1.807) is 22.9 Å². The van der Waals surface area contributed by atoms with E-state index in [-0.39, 0.29) is 17.8 Å². The summed E-state index contributed by atoms with van der Waals surface area (Å²) in [6.45, 7) is 1.50. The van der Waals surface area contributed by atoms with E-state index in [1.807, 2.05) is 4.90 Å². The van der Waals surface area contributed by atoms with Crippen molar-refractivity contribution in [3.63, 3.8) is 0 Å². The Morgan fingerprint density at radius 1 is 1.19 bits per heavy atom. The number of nitrogens with two attached hydrogens (primary N) is 1. The van der Waals surface area contributed by atoms with Crippen molar-refractivity contribution in [3.8, 4) is 5.69 Å². The summed E-state index contributed by atoms with van der Waals surface area (Å²) in [6.07, 6.45) is 4.83. The van der Waals surface area contributed by atoms with Gasteiger partial charge in [0.2, 0.25) is 0 Å². The number of aromatic nitrogens is 2. The Kier molecular flexibility index (Phi) is 3.64. The van der Waals surface area contributed by atoms with Crippen molar-refractivity contribution >= 4 is 5.91 Å². The number of benzene rings is 1. The lowest BCUT2D eigenvalue weighted by Gasteiger charge is -2.18. The zero-order chi connectivity index (χ0) is 17.8. The molecule has 2 heterocycles. The molecular weight excluding hydrogens is 331 g/mol. The summed E-state index contributed by atoms with van der Waals surface area (Å²) in [7, 11) is 0. The van der Waals surface area contributed by atoms with E-state index in [2.05, 4.69) is 5.10 Å². The van der Waals surface area contributed by atoms with Crippen molar-refractivity contribution in [2.75, 3.05) is 13.1 Å². The molecule has 3 atom stereocenters. The third kappa shape index (κ3) is 2.31. The van der Waals surface area contributed by atoms with Gasteiger partial charge in [0, 0.05) is 30.4 Å². The number of rotatable bonds is 2. The van der Waals surface area contributed by atoms with Gasteiger partial charge < -0.3 is 10.6 Å². The largest absolute Gasteiger partial charge is 0.337 e. The van der Waals surface area contributed by atoms with Gasteiger partial charge in [-0.15, -0.1) is 0 Å². The van der Waals surface area contributed by atoms with E-state index < -0.39 is 0 Å². The number of fused-ring (bicyclic) bond motifs is 2. The Morgan fingerprint density at radius 2 is 2.04 bits per heavy atom. The standard InChI is InChI=1S/C20H23FN4O/c21-15-5-1-2-6-18(15)25-17-7-3-4-13(17)19(23-25)20(26)24-10-12-8-9-16(22)14(12)11-24/h1-2,5-6,12,14,16H,3-4,7-11,22H2. The smallest absolute Gasteiger partial charge is 0.274 e. The maximum Gasteiger partial charge on any atom is 0.274 e. The van der Waals surface area contributed by atoms with Crippen LogP contribution in [0.15, 0.2) is 24.3 Å². The van der Waals surface area contributed by atoms with Gasteiger partial charge >= 0.3 is 0 Å². The normalized spacial score (nSPS) is 27.0. The van der Waals surface area contributed by atoms with Gasteiger partial charge in [-0.2, -0.15) is 5.10 Å². The van der Waals surface area contributed by atoms with E-state index in [1.165, 1.54) is 6.07 Å². The molecule has 0 spiro atoms. The summed E-state index contributed by atoms with van der Waals surface area (Å²) in [5, 5.41) is 4.57. The van der Waals surface area contributed by atoms with Crippen LogP contribution < -0.4 is 5.73 Å². The molecule has 26 heavy (non-hydrogen) atoms. The average Bonchev–Trinajstić information content (AvgIpc) is 3.37. The molecule has 2 aromatic rings. The lowest BCUT2D eigenvalue weighted by Crippen LogP contribution is -2.34. The van der Waals surface area contributed by atoms with Crippen LogP contribution in [0.4, 0.5) is 4.39 Å². The van der Waals surface area contributed by atoms with E-state index in [4.69, 9.17) is 5.73 Å². The van der Waals surface area contributed by atoms with Gasteiger partial charge in [-0.1, -0.05) is 12.1 Å². The molecule has 0 radical (unpaired) electrons. The second-order valence-electron chi connectivity index (χ2n) is 7.87. The van der Waals surface area contributed by atoms with Crippen LogP contribution in [-0.4, -0.2) is 39.7 Å². The molecule has 0 bridgehead atoms. The molecule has 5 rings (SSSR count). The summed E-state index contributed by atoms with van der Waals surface area (Å²) < 4.78 is 15.9. The van der Waals surface area contributed by atoms with Crippen LogP contribution in [-0.2, 0) is 12.8 Å². The van der Waals surface area contributed by atoms with Crippen LogP contribution in [0.5, 0.6) is 0 Å². The van der Waals surface area contributed by atoms with E-state index in [0.717, 1.165) is 56.5 Å². The van der Waals surface area contributed by atoms with Crippen molar-refractivity contribution in [3.05, 3.63) is 47.0 Å². The number of hydrogen-bond acceptors (Lipinski definition) is 3. The van der Waals surface area contributed by atoms with Crippen LogP contribution in [0.1, 0.15) is 41.0 Å². The van der Waals surface area contributed by atoms with Crippen molar-refractivity contribution in [2.24, 2.45) is 17.6 Å². The maximum absolute atomic E-state index is 14.3. The highest BCUT2D eigenvalue weighted by Gasteiger charge is 2.43. The molecule has 5 nitrogen and oxygen atoms in total. The summed E-state index contributed by atoms with van der Waals surface area (Å²) in [5.41, 5.74) is 9.12. The molecule has 2 N–H and O–H groups in total. The van der Waals surface area contributed by atoms with Crippen LogP contribution in [0.25, 0.3) is 5.69 Å². The maximum atomic E-state index is 14.3. The summed E-state index contributed by atoms with van der Waals surface area (Å²) in [6, 6.07) is 6.82. The Morgan fingerprint density at radius 3 is 2.85 bits per heavy atom. The molecule has 1 saturated carbocycles. The Bertz CT molecular complexity index is 877.